The maximum Gasteiger partial charge on any atom is 0.257 e. The van der Waals surface area contributed by atoms with Gasteiger partial charge in [0, 0.05) is 31.7 Å². The van der Waals surface area contributed by atoms with E-state index in [4.69, 9.17) is 0 Å². The number of amides is 1. The van der Waals surface area contributed by atoms with Gasteiger partial charge in [0.2, 0.25) is 0 Å². The van der Waals surface area contributed by atoms with Gasteiger partial charge in [-0.1, -0.05) is 6.07 Å². The monoisotopic (exact) mass is 284 g/mol. The van der Waals surface area contributed by atoms with E-state index in [1.54, 1.807) is 23.5 Å². The fourth-order valence-corrected chi connectivity index (χ4v) is 2.09. The Morgan fingerprint density at radius 1 is 1.24 bits per heavy atom. The maximum absolute atomic E-state index is 12.7. The number of hydrogen-bond donors (Lipinski definition) is 1. The highest BCUT2D eigenvalue weighted by molar-refractivity contribution is 5.99. The van der Waals surface area contributed by atoms with E-state index in [-0.39, 0.29) is 5.91 Å². The standard InChI is InChI=1S/C16H20N4O/c1-3-18-15-8-10-17-11-14(15)16(21)20(4-2)12-13-7-5-6-9-19-13/h5-11H,3-4,12H2,1-2H3,(H,17,18). The van der Waals surface area contributed by atoms with E-state index in [2.05, 4.69) is 15.3 Å². The van der Waals surface area contributed by atoms with Crippen molar-refractivity contribution in [2.24, 2.45) is 0 Å². The molecule has 5 nitrogen and oxygen atoms in total. The molecule has 0 fully saturated rings. The van der Waals surface area contributed by atoms with Gasteiger partial charge in [-0.3, -0.25) is 14.8 Å². The molecule has 0 saturated carbocycles. The fraction of sp³-hybridized carbons (Fsp3) is 0.312. The van der Waals surface area contributed by atoms with Gasteiger partial charge in [-0.15, -0.1) is 0 Å². The van der Waals surface area contributed by atoms with Crippen LogP contribution in [0.5, 0.6) is 0 Å². The lowest BCUT2D eigenvalue weighted by molar-refractivity contribution is 0.0751. The molecule has 21 heavy (non-hydrogen) atoms. The first-order chi connectivity index (χ1) is 10.3. The minimum absolute atomic E-state index is 0.0350. The predicted molar refractivity (Wildman–Crippen MR) is 83.1 cm³/mol. The fourth-order valence-electron chi connectivity index (χ4n) is 2.09. The number of carbonyl (C=O) groups excluding carboxylic acids is 1. The Morgan fingerprint density at radius 3 is 2.76 bits per heavy atom. The maximum atomic E-state index is 12.7. The van der Waals surface area contributed by atoms with E-state index in [1.807, 2.05) is 38.1 Å². The Labute approximate surface area is 125 Å². The van der Waals surface area contributed by atoms with Gasteiger partial charge >= 0.3 is 0 Å². The van der Waals surface area contributed by atoms with E-state index in [1.165, 1.54) is 0 Å². The van der Waals surface area contributed by atoms with Crippen molar-refractivity contribution in [3.63, 3.8) is 0 Å². The summed E-state index contributed by atoms with van der Waals surface area (Å²) in [4.78, 5) is 22.8. The topological polar surface area (TPSA) is 58.1 Å². The first-order valence-corrected chi connectivity index (χ1v) is 7.13. The van der Waals surface area contributed by atoms with E-state index >= 15 is 0 Å². The Hall–Kier alpha value is -2.43. The smallest absolute Gasteiger partial charge is 0.257 e. The Morgan fingerprint density at radius 2 is 2.10 bits per heavy atom. The highest BCUT2D eigenvalue weighted by atomic mass is 16.2. The van der Waals surface area contributed by atoms with Crippen LogP contribution in [0.3, 0.4) is 0 Å². The molecule has 0 radical (unpaired) electrons. The van der Waals surface area contributed by atoms with Crippen LogP contribution < -0.4 is 5.32 Å². The first-order valence-electron chi connectivity index (χ1n) is 7.13. The summed E-state index contributed by atoms with van der Waals surface area (Å²) in [7, 11) is 0. The number of carbonyl (C=O) groups is 1. The summed E-state index contributed by atoms with van der Waals surface area (Å²) in [5.74, 6) is -0.0350. The highest BCUT2D eigenvalue weighted by Gasteiger charge is 2.18. The average Bonchev–Trinajstić information content (AvgIpc) is 2.54. The molecular formula is C16H20N4O. The first kappa shape index (κ1) is 15.0. The number of pyridine rings is 2. The van der Waals surface area contributed by atoms with Crippen molar-refractivity contribution >= 4 is 11.6 Å². The van der Waals surface area contributed by atoms with E-state index in [9.17, 15) is 4.79 Å². The van der Waals surface area contributed by atoms with Crippen LogP contribution >= 0.6 is 0 Å². The molecule has 0 aliphatic rings. The summed E-state index contributed by atoms with van der Waals surface area (Å²) in [6, 6.07) is 7.54. The summed E-state index contributed by atoms with van der Waals surface area (Å²) in [6.07, 6.45) is 5.03. The Bertz CT molecular complexity index is 586. The molecule has 5 heteroatoms. The van der Waals surface area contributed by atoms with Gasteiger partial charge < -0.3 is 10.2 Å². The normalized spacial score (nSPS) is 10.2. The molecule has 1 N–H and O–H groups in total. The number of nitrogens with zero attached hydrogens (tertiary/aromatic N) is 3. The SMILES string of the molecule is CCNc1ccncc1C(=O)N(CC)Cc1ccccn1. The van der Waals surface area contributed by atoms with Crippen LogP contribution in [0.15, 0.2) is 42.9 Å². The summed E-state index contributed by atoms with van der Waals surface area (Å²) in [5, 5.41) is 3.20. The number of hydrogen-bond acceptors (Lipinski definition) is 4. The van der Waals surface area contributed by atoms with Crippen LogP contribution in [0.1, 0.15) is 29.9 Å². The third-order valence-corrected chi connectivity index (χ3v) is 3.17. The number of rotatable bonds is 6. The molecular weight excluding hydrogens is 264 g/mol. The van der Waals surface area contributed by atoms with Gasteiger partial charge in [0.05, 0.1) is 23.5 Å². The van der Waals surface area contributed by atoms with Gasteiger partial charge in [-0.2, -0.15) is 0 Å². The second kappa shape index (κ2) is 7.38. The summed E-state index contributed by atoms with van der Waals surface area (Å²) in [5.41, 5.74) is 2.29. The lowest BCUT2D eigenvalue weighted by atomic mass is 10.2. The van der Waals surface area contributed by atoms with Gasteiger partial charge in [-0.05, 0) is 32.0 Å². The van der Waals surface area contributed by atoms with E-state index in [0.717, 1.165) is 17.9 Å². The van der Waals surface area contributed by atoms with Crippen molar-refractivity contribution < 1.29 is 4.79 Å². The van der Waals surface area contributed by atoms with E-state index < -0.39 is 0 Å². The second-order valence-corrected chi connectivity index (χ2v) is 4.59. The van der Waals surface area contributed by atoms with Crippen molar-refractivity contribution in [3.05, 3.63) is 54.1 Å². The summed E-state index contributed by atoms with van der Waals surface area (Å²) in [6.45, 7) is 5.84. The lowest BCUT2D eigenvalue weighted by Crippen LogP contribution is -2.31. The molecule has 0 aliphatic heterocycles. The van der Waals surface area contributed by atoms with Gasteiger partial charge in [0.25, 0.3) is 5.91 Å². The highest BCUT2D eigenvalue weighted by Crippen LogP contribution is 2.17. The molecule has 0 atom stereocenters. The third-order valence-electron chi connectivity index (χ3n) is 3.17. The van der Waals surface area contributed by atoms with Crippen molar-refractivity contribution in [1.82, 2.24) is 14.9 Å². The van der Waals surface area contributed by atoms with Crippen LogP contribution in [-0.2, 0) is 6.54 Å². The molecule has 0 bridgehead atoms. The molecule has 2 aromatic rings. The van der Waals surface area contributed by atoms with Crippen molar-refractivity contribution in [3.8, 4) is 0 Å². The van der Waals surface area contributed by atoms with Gasteiger partial charge in [0.1, 0.15) is 0 Å². The number of anilines is 1. The Kier molecular flexibility index (Phi) is 5.26. The van der Waals surface area contributed by atoms with Gasteiger partial charge in [0.15, 0.2) is 0 Å². The number of nitrogens with one attached hydrogen (secondary N) is 1. The zero-order valence-corrected chi connectivity index (χ0v) is 12.4. The Balaban J connectivity index is 2.20. The lowest BCUT2D eigenvalue weighted by Gasteiger charge is -2.21. The molecule has 0 aromatic carbocycles. The molecule has 2 rings (SSSR count). The molecule has 0 aliphatic carbocycles. The van der Waals surface area contributed by atoms with Crippen LogP contribution in [0, 0.1) is 0 Å². The predicted octanol–water partition coefficient (Wildman–Crippen LogP) is 2.57. The molecule has 1 amide bonds. The van der Waals surface area contributed by atoms with Crippen molar-refractivity contribution in [2.45, 2.75) is 20.4 Å². The largest absolute Gasteiger partial charge is 0.385 e. The minimum Gasteiger partial charge on any atom is -0.385 e. The number of aromatic nitrogens is 2. The van der Waals surface area contributed by atoms with Crippen LogP contribution in [0.25, 0.3) is 0 Å². The second-order valence-electron chi connectivity index (χ2n) is 4.59. The molecule has 0 saturated heterocycles. The van der Waals surface area contributed by atoms with Crippen LogP contribution in [-0.4, -0.2) is 33.9 Å². The summed E-state index contributed by atoms with van der Waals surface area (Å²) < 4.78 is 0. The van der Waals surface area contributed by atoms with Crippen molar-refractivity contribution in [1.29, 1.82) is 0 Å². The van der Waals surface area contributed by atoms with Gasteiger partial charge in [-0.25, -0.2) is 0 Å². The van der Waals surface area contributed by atoms with Crippen LogP contribution in [0.4, 0.5) is 5.69 Å². The minimum atomic E-state index is -0.0350. The van der Waals surface area contributed by atoms with Crippen LogP contribution in [0.2, 0.25) is 0 Å². The van der Waals surface area contributed by atoms with Crippen molar-refractivity contribution in [2.75, 3.05) is 18.4 Å². The quantitative estimate of drug-likeness (QED) is 0.885. The zero-order valence-electron chi connectivity index (χ0n) is 12.4. The molecule has 2 heterocycles. The molecule has 2 aromatic heterocycles. The average molecular weight is 284 g/mol. The summed E-state index contributed by atoms with van der Waals surface area (Å²) >= 11 is 0. The molecule has 0 spiro atoms. The molecule has 0 unspecified atom stereocenters. The molecule has 110 valence electrons. The zero-order chi connectivity index (χ0) is 15.1. The van der Waals surface area contributed by atoms with E-state index in [0.29, 0.717) is 18.7 Å². The third kappa shape index (κ3) is 3.78.